The molecule has 1 aliphatic rings. The molecule has 2 rings (SSSR count). The fourth-order valence-electron chi connectivity index (χ4n) is 3.40. The van der Waals surface area contributed by atoms with Crippen molar-refractivity contribution in [3.63, 3.8) is 0 Å². The first-order valence-electron chi connectivity index (χ1n) is 9.73. The zero-order valence-electron chi connectivity index (χ0n) is 17.3. The van der Waals surface area contributed by atoms with Crippen LogP contribution in [-0.4, -0.2) is 43.1 Å². The van der Waals surface area contributed by atoms with Gasteiger partial charge in [0.2, 0.25) is 4.61 Å². The zero-order chi connectivity index (χ0) is 22.3. The lowest BCUT2D eigenvalue weighted by Gasteiger charge is -2.30. The summed E-state index contributed by atoms with van der Waals surface area (Å²) in [4.78, 5) is 37.9. The lowest BCUT2D eigenvalue weighted by molar-refractivity contribution is -0.744. The summed E-state index contributed by atoms with van der Waals surface area (Å²) in [5.41, 5.74) is 1.55. The number of carbonyl (C=O) groups is 3. The average Bonchev–Trinajstić information content (AvgIpc) is 3.02. The zero-order valence-corrected chi connectivity index (χ0v) is 20.5. The molecule has 0 aliphatic carbocycles. The van der Waals surface area contributed by atoms with Crippen molar-refractivity contribution in [2.45, 2.75) is 32.6 Å². The highest BCUT2D eigenvalue weighted by Crippen LogP contribution is 2.44. The number of nitrogens with zero attached hydrogens (tertiary/aromatic N) is 1. The van der Waals surface area contributed by atoms with Gasteiger partial charge in [0.05, 0.1) is 30.8 Å². The van der Waals surface area contributed by atoms with Crippen molar-refractivity contribution in [2.75, 3.05) is 20.8 Å². The van der Waals surface area contributed by atoms with Crippen LogP contribution in [0, 0.1) is 5.92 Å². The molecule has 30 heavy (non-hydrogen) atoms. The SMILES string of the molecule is CCCCC1=C[N+](CCC(C(=O)OC)C(=O)OC)(C(=O)c2ccccc2)C(Br)=C1Br. The highest BCUT2D eigenvalue weighted by Gasteiger charge is 2.47. The molecule has 1 heterocycles. The van der Waals surface area contributed by atoms with Crippen LogP contribution in [0.3, 0.4) is 0 Å². The highest BCUT2D eigenvalue weighted by molar-refractivity contribution is 9.14. The van der Waals surface area contributed by atoms with E-state index in [-0.39, 0.29) is 23.4 Å². The number of esters is 2. The Morgan fingerprint density at radius 3 is 2.17 bits per heavy atom. The van der Waals surface area contributed by atoms with Gasteiger partial charge in [-0.2, -0.15) is 4.48 Å². The van der Waals surface area contributed by atoms with E-state index in [2.05, 4.69) is 38.8 Å². The Morgan fingerprint density at radius 2 is 1.63 bits per heavy atom. The van der Waals surface area contributed by atoms with E-state index in [0.29, 0.717) is 10.2 Å². The molecule has 0 saturated carbocycles. The monoisotopic (exact) mass is 542 g/mol. The number of halogens is 2. The van der Waals surface area contributed by atoms with Crippen molar-refractivity contribution in [2.24, 2.45) is 5.92 Å². The third-order valence-electron chi connectivity index (χ3n) is 5.11. The van der Waals surface area contributed by atoms with E-state index in [0.717, 1.165) is 29.3 Å². The van der Waals surface area contributed by atoms with Crippen LogP contribution >= 0.6 is 31.9 Å². The molecule has 0 saturated heterocycles. The molecule has 0 N–H and O–H groups in total. The molecule has 8 heteroatoms. The highest BCUT2D eigenvalue weighted by atomic mass is 79.9. The first-order valence-corrected chi connectivity index (χ1v) is 11.3. The van der Waals surface area contributed by atoms with Crippen LogP contribution in [0.4, 0.5) is 0 Å². The average molecular weight is 544 g/mol. The molecule has 1 aromatic rings. The van der Waals surface area contributed by atoms with Gasteiger partial charge < -0.3 is 9.47 Å². The molecule has 1 aromatic carbocycles. The quantitative estimate of drug-likeness (QED) is 0.189. The van der Waals surface area contributed by atoms with E-state index in [1.807, 2.05) is 12.3 Å². The Bertz CT molecular complexity index is 850. The minimum Gasteiger partial charge on any atom is -0.468 e. The summed E-state index contributed by atoms with van der Waals surface area (Å²) < 4.78 is 10.9. The standard InChI is InChI=1S/C22H26Br2NO5/c1-4-5-9-16-14-25(19(24)18(16)23,20(26)15-10-7-6-8-11-15)13-12-17(21(27)29-2)22(28)30-3/h6-8,10-11,14,17H,4-5,9,12-13H2,1-3H3/q+1. The molecule has 6 nitrogen and oxygen atoms in total. The van der Waals surface area contributed by atoms with Gasteiger partial charge in [0.25, 0.3) is 0 Å². The van der Waals surface area contributed by atoms with Crippen LogP contribution in [0.1, 0.15) is 43.0 Å². The van der Waals surface area contributed by atoms with Crippen LogP contribution < -0.4 is 0 Å². The topological polar surface area (TPSA) is 69.7 Å². The maximum Gasteiger partial charge on any atom is 0.355 e. The van der Waals surface area contributed by atoms with Gasteiger partial charge in [0, 0.05) is 27.9 Å². The summed E-state index contributed by atoms with van der Waals surface area (Å²) >= 11 is 7.24. The van der Waals surface area contributed by atoms with Crippen LogP contribution in [0.25, 0.3) is 0 Å². The van der Waals surface area contributed by atoms with Crippen molar-refractivity contribution in [3.8, 4) is 0 Å². The number of unbranched alkanes of at least 4 members (excludes halogenated alkanes) is 1. The van der Waals surface area contributed by atoms with E-state index in [1.54, 1.807) is 24.3 Å². The fraction of sp³-hybridized carbons (Fsp3) is 0.409. The Morgan fingerprint density at radius 1 is 1.03 bits per heavy atom. The minimum atomic E-state index is -1.11. The van der Waals surface area contributed by atoms with Gasteiger partial charge in [0.1, 0.15) is 6.20 Å². The van der Waals surface area contributed by atoms with Gasteiger partial charge >= 0.3 is 17.8 Å². The number of amides is 1. The number of hydrogen-bond acceptors (Lipinski definition) is 5. The second-order valence-electron chi connectivity index (χ2n) is 7.01. The fourth-order valence-corrected chi connectivity index (χ4v) is 4.71. The summed E-state index contributed by atoms with van der Waals surface area (Å²) in [6.45, 7) is 2.30. The predicted octanol–water partition coefficient (Wildman–Crippen LogP) is 5.04. The third kappa shape index (κ3) is 5.10. The smallest absolute Gasteiger partial charge is 0.355 e. The largest absolute Gasteiger partial charge is 0.468 e. The van der Waals surface area contributed by atoms with E-state index in [1.165, 1.54) is 14.2 Å². The number of ether oxygens (including phenoxy) is 2. The molecular weight excluding hydrogens is 518 g/mol. The summed E-state index contributed by atoms with van der Waals surface area (Å²) in [5.74, 6) is -2.62. The molecule has 1 atom stereocenters. The van der Waals surface area contributed by atoms with Crippen molar-refractivity contribution in [1.82, 2.24) is 0 Å². The van der Waals surface area contributed by atoms with E-state index < -0.39 is 17.9 Å². The Hall–Kier alpha value is -1.77. The number of carbonyl (C=O) groups excluding carboxylic acids is 3. The second-order valence-corrected chi connectivity index (χ2v) is 8.56. The van der Waals surface area contributed by atoms with Gasteiger partial charge in [-0.3, -0.25) is 9.59 Å². The lowest BCUT2D eigenvalue weighted by atomic mass is 10.0. The molecule has 1 unspecified atom stereocenters. The summed E-state index contributed by atoms with van der Waals surface area (Å²) in [7, 11) is 2.45. The Labute approximate surface area is 193 Å². The Kier molecular flexibility index (Phi) is 9.00. The third-order valence-corrected chi connectivity index (χ3v) is 7.56. The van der Waals surface area contributed by atoms with Crippen LogP contribution in [0.5, 0.6) is 0 Å². The number of methoxy groups -OCH3 is 2. The van der Waals surface area contributed by atoms with Gasteiger partial charge in [0.15, 0.2) is 5.92 Å². The molecule has 162 valence electrons. The molecular formula is C22H26Br2NO5+. The summed E-state index contributed by atoms with van der Waals surface area (Å²) in [6.07, 6.45) is 4.81. The maximum atomic E-state index is 13.6. The molecule has 0 bridgehead atoms. The second kappa shape index (κ2) is 11.0. The number of benzene rings is 1. The minimum absolute atomic E-state index is 0.0882. The van der Waals surface area contributed by atoms with Crippen molar-refractivity contribution in [1.29, 1.82) is 0 Å². The van der Waals surface area contributed by atoms with Crippen molar-refractivity contribution >= 4 is 49.7 Å². The van der Waals surface area contributed by atoms with E-state index >= 15 is 0 Å². The molecule has 1 aliphatic heterocycles. The van der Waals surface area contributed by atoms with Crippen molar-refractivity contribution < 1.29 is 28.3 Å². The number of rotatable bonds is 9. The van der Waals surface area contributed by atoms with Crippen molar-refractivity contribution in [3.05, 3.63) is 56.8 Å². The summed E-state index contributed by atoms with van der Waals surface area (Å²) in [6, 6.07) is 8.97. The molecule has 0 radical (unpaired) electrons. The number of allylic oxidation sites excluding steroid dienone is 2. The van der Waals surface area contributed by atoms with Crippen LogP contribution in [0.15, 0.2) is 51.2 Å². The molecule has 0 fully saturated rings. The normalized spacial score (nSPS) is 18.4. The van der Waals surface area contributed by atoms with E-state index in [9.17, 15) is 14.4 Å². The molecule has 0 aromatic heterocycles. The number of hydrogen-bond donors (Lipinski definition) is 0. The van der Waals surface area contributed by atoms with Gasteiger partial charge in [-0.05, 0) is 40.9 Å². The summed E-state index contributed by atoms with van der Waals surface area (Å²) in [5, 5.41) is 0. The first kappa shape index (κ1) is 24.5. The van der Waals surface area contributed by atoms with Crippen LogP contribution in [-0.2, 0) is 19.1 Å². The molecule has 1 amide bonds. The Balaban J connectivity index is 2.47. The van der Waals surface area contributed by atoms with Crippen LogP contribution in [0.2, 0.25) is 0 Å². The van der Waals surface area contributed by atoms with E-state index in [4.69, 9.17) is 9.47 Å². The first-order chi connectivity index (χ1) is 14.3. The van der Waals surface area contributed by atoms with Gasteiger partial charge in [-0.15, -0.1) is 0 Å². The van der Waals surface area contributed by atoms with Gasteiger partial charge in [-0.1, -0.05) is 31.5 Å². The maximum absolute atomic E-state index is 13.6. The lowest BCUT2D eigenvalue weighted by Crippen LogP contribution is -2.47. The molecule has 0 spiro atoms. The predicted molar refractivity (Wildman–Crippen MR) is 121 cm³/mol. The number of quaternary nitrogens is 1. The van der Waals surface area contributed by atoms with Gasteiger partial charge in [-0.25, -0.2) is 4.79 Å².